The van der Waals surface area contributed by atoms with E-state index in [9.17, 15) is 15.0 Å². The molecule has 5 rings (SSSR count). The molecule has 5 aromatic rings. The van der Waals surface area contributed by atoms with E-state index in [4.69, 9.17) is 4.74 Å². The van der Waals surface area contributed by atoms with Gasteiger partial charge in [0.25, 0.3) is 6.01 Å². The Labute approximate surface area is 291 Å². The molecule has 0 N–H and O–H groups in total. The number of nitrogens with zero attached hydrogens (tertiary/aromatic N) is 4. The van der Waals surface area contributed by atoms with E-state index in [1.54, 1.807) is 16.7 Å². The van der Waals surface area contributed by atoms with Crippen LogP contribution in [0.5, 0.6) is 12.1 Å². The summed E-state index contributed by atoms with van der Waals surface area (Å²) in [4.78, 5) is 20.0. The molecule has 170 valence electrons. The van der Waals surface area contributed by atoms with Crippen molar-refractivity contribution in [1.82, 2.24) is 19.7 Å². The third-order valence-electron chi connectivity index (χ3n) is 5.41. The first-order chi connectivity index (χ1) is 16.5. The standard InChI is InChI=1S/C25H20N4O5.2K/c1-2-33-24-26-20-9-5-8-19(23(30)31)21(20)29(24)14-15-10-12-16(13-11-15)17-6-3-4-7-18(17)22-27-25(32)34-28-22;;/h3-13H,2,14H2,1H3,(H,30,31)(H,27,28,32);;/q;2*+1/p-2. The minimum Gasteiger partial charge on any atom is -0.545 e. The predicted molar refractivity (Wildman–Crippen MR) is 119 cm³/mol. The van der Waals surface area contributed by atoms with Gasteiger partial charge in [0.2, 0.25) is 0 Å². The van der Waals surface area contributed by atoms with Crippen LogP contribution in [0.1, 0.15) is 22.8 Å². The molecule has 0 bridgehead atoms. The van der Waals surface area contributed by atoms with E-state index in [0.717, 1.165) is 16.7 Å². The predicted octanol–water partition coefficient (Wildman–Crippen LogP) is -3.35. The molecule has 0 spiro atoms. The van der Waals surface area contributed by atoms with Crippen molar-refractivity contribution in [2.24, 2.45) is 0 Å². The Bertz CT molecular complexity index is 1500. The molecule has 9 nitrogen and oxygen atoms in total. The van der Waals surface area contributed by atoms with Crippen LogP contribution in [0.25, 0.3) is 33.5 Å². The fourth-order valence-corrected chi connectivity index (χ4v) is 3.94. The van der Waals surface area contributed by atoms with Crippen LogP contribution in [-0.2, 0) is 6.54 Å². The van der Waals surface area contributed by atoms with Crippen molar-refractivity contribution in [1.29, 1.82) is 0 Å². The molecular weight excluding hydrogens is 514 g/mol. The summed E-state index contributed by atoms with van der Waals surface area (Å²) in [6, 6.07) is 20.4. The number of aromatic carboxylic acids is 1. The molecule has 3 aromatic carbocycles. The first-order valence-corrected chi connectivity index (χ1v) is 10.6. The van der Waals surface area contributed by atoms with Gasteiger partial charge in [-0.05, 0) is 29.7 Å². The quantitative estimate of drug-likeness (QED) is 0.199. The average molecular weight is 533 g/mol. The maximum Gasteiger partial charge on any atom is 1.00 e. The normalized spacial score (nSPS) is 10.5. The number of ether oxygens (including phenoxy) is 1. The fraction of sp³-hybridized carbons (Fsp3) is 0.120. The second-order valence-electron chi connectivity index (χ2n) is 7.50. The monoisotopic (exact) mass is 532 g/mol. The zero-order valence-electron chi connectivity index (χ0n) is 20.1. The first kappa shape index (κ1) is 29.2. The number of rotatable bonds is 7. The molecule has 0 unspecified atom stereocenters. The number of hydrogen-bond acceptors (Lipinski definition) is 8. The van der Waals surface area contributed by atoms with Gasteiger partial charge in [-0.2, -0.15) is 10.1 Å². The van der Waals surface area contributed by atoms with Gasteiger partial charge in [0.05, 0.1) is 30.2 Å². The van der Waals surface area contributed by atoms with Crippen molar-refractivity contribution >= 4 is 17.0 Å². The van der Waals surface area contributed by atoms with Crippen molar-refractivity contribution in [3.8, 4) is 34.6 Å². The zero-order chi connectivity index (χ0) is 23.7. The number of aromatic nitrogens is 4. The summed E-state index contributed by atoms with van der Waals surface area (Å²) in [6.45, 7) is 2.58. The van der Waals surface area contributed by atoms with E-state index in [0.29, 0.717) is 35.8 Å². The van der Waals surface area contributed by atoms with Crippen molar-refractivity contribution in [3.05, 3.63) is 77.9 Å². The Morgan fingerprint density at radius 1 is 0.972 bits per heavy atom. The smallest absolute Gasteiger partial charge is 0.545 e. The third kappa shape index (κ3) is 6.01. The number of carboxylic acids is 1. The number of carbonyl (C=O) groups excluding carboxylic acids is 1. The Morgan fingerprint density at radius 2 is 1.69 bits per heavy atom. The van der Waals surface area contributed by atoms with E-state index in [2.05, 4.69) is 19.6 Å². The van der Waals surface area contributed by atoms with E-state index in [-0.39, 0.29) is 114 Å². The molecule has 0 fully saturated rings. The topological polar surface area (TPSA) is 129 Å². The Balaban J connectivity index is 0.00000180. The van der Waals surface area contributed by atoms with Gasteiger partial charge >= 0.3 is 103 Å². The average Bonchev–Trinajstić information content (AvgIpc) is 3.43. The summed E-state index contributed by atoms with van der Waals surface area (Å²) in [5.41, 5.74) is 4.36. The maximum absolute atomic E-state index is 11.7. The SMILES string of the molecule is CCOc1nc2cccc(C(=O)[O-])c2n1Cc1ccc(-c2ccccc2-c2noc([O-])n2)cc1.[K+].[K+]. The first-order valence-electron chi connectivity index (χ1n) is 10.6. The summed E-state index contributed by atoms with van der Waals surface area (Å²) in [5.74, 6) is -1.05. The molecule has 2 heterocycles. The van der Waals surface area contributed by atoms with Crippen LogP contribution in [0, 0.1) is 0 Å². The van der Waals surface area contributed by atoms with Crippen molar-refractivity contribution in [2.45, 2.75) is 13.5 Å². The van der Waals surface area contributed by atoms with Crippen LogP contribution in [0.3, 0.4) is 0 Å². The summed E-state index contributed by atoms with van der Waals surface area (Å²) in [6.07, 6.45) is -0.742. The molecular formula is C25H18K2N4O5. The van der Waals surface area contributed by atoms with Crippen LogP contribution in [-0.4, -0.2) is 32.3 Å². The molecule has 0 aliphatic rings. The minimum atomic E-state index is -1.27. The Kier molecular flexibility index (Phi) is 10.5. The largest absolute Gasteiger partial charge is 1.00 e. The van der Waals surface area contributed by atoms with Crippen molar-refractivity contribution in [2.75, 3.05) is 6.61 Å². The Morgan fingerprint density at radius 3 is 2.33 bits per heavy atom. The molecule has 0 saturated heterocycles. The summed E-state index contributed by atoms with van der Waals surface area (Å²) < 4.78 is 12.0. The van der Waals surface area contributed by atoms with Crippen molar-refractivity contribution < 1.29 is 127 Å². The van der Waals surface area contributed by atoms with Gasteiger partial charge in [0.15, 0.2) is 11.9 Å². The van der Waals surface area contributed by atoms with E-state index in [1.807, 2.05) is 55.5 Å². The second kappa shape index (κ2) is 12.9. The number of fused-ring (bicyclic) bond motifs is 1. The van der Waals surface area contributed by atoms with Gasteiger partial charge in [-0.1, -0.05) is 60.7 Å². The van der Waals surface area contributed by atoms with Crippen LogP contribution >= 0.6 is 0 Å². The molecule has 0 aliphatic heterocycles. The number of carboxylic acid groups (broad SMARTS) is 1. The number of carbonyl (C=O) groups is 1. The van der Waals surface area contributed by atoms with Gasteiger partial charge in [0.1, 0.15) is 0 Å². The molecule has 2 aromatic heterocycles. The molecule has 0 atom stereocenters. The molecule has 0 aliphatic carbocycles. The fourth-order valence-electron chi connectivity index (χ4n) is 3.94. The van der Waals surface area contributed by atoms with Crippen LogP contribution < -0.4 is 118 Å². The zero-order valence-corrected chi connectivity index (χ0v) is 26.3. The molecule has 11 heteroatoms. The van der Waals surface area contributed by atoms with Gasteiger partial charge < -0.3 is 24.3 Å². The second-order valence-corrected chi connectivity index (χ2v) is 7.50. The van der Waals surface area contributed by atoms with Gasteiger partial charge in [-0.15, -0.1) is 0 Å². The van der Waals surface area contributed by atoms with Gasteiger partial charge in [-0.25, -0.2) is 4.98 Å². The Hall–Kier alpha value is -1.39. The summed E-state index contributed by atoms with van der Waals surface area (Å²) >= 11 is 0. The number of hydrogen-bond donors (Lipinski definition) is 0. The van der Waals surface area contributed by atoms with E-state index >= 15 is 0 Å². The third-order valence-corrected chi connectivity index (χ3v) is 5.41. The maximum atomic E-state index is 11.7. The molecule has 0 saturated carbocycles. The number of benzene rings is 3. The van der Waals surface area contributed by atoms with Gasteiger partial charge in [-0.3, -0.25) is 4.57 Å². The minimum absolute atomic E-state index is 0. The molecule has 36 heavy (non-hydrogen) atoms. The number of imidazole rings is 1. The van der Waals surface area contributed by atoms with Crippen molar-refractivity contribution in [3.63, 3.8) is 0 Å². The number of para-hydroxylation sites is 1. The van der Waals surface area contributed by atoms with Gasteiger partial charge in [0, 0.05) is 11.1 Å². The molecule has 0 radical (unpaired) electrons. The van der Waals surface area contributed by atoms with Crippen LogP contribution in [0.4, 0.5) is 0 Å². The molecule has 0 amide bonds. The summed E-state index contributed by atoms with van der Waals surface area (Å²) in [7, 11) is 0. The van der Waals surface area contributed by atoms with Crippen LogP contribution in [0.2, 0.25) is 0 Å². The summed E-state index contributed by atoms with van der Waals surface area (Å²) in [5, 5.41) is 26.8. The van der Waals surface area contributed by atoms with Crippen LogP contribution in [0.15, 0.2) is 71.3 Å². The van der Waals surface area contributed by atoms with E-state index < -0.39 is 12.0 Å². The van der Waals surface area contributed by atoms with E-state index in [1.165, 1.54) is 6.07 Å².